The van der Waals surface area contributed by atoms with Crippen LogP contribution in [0.3, 0.4) is 0 Å². The quantitative estimate of drug-likeness (QED) is 0.464. The lowest BCUT2D eigenvalue weighted by molar-refractivity contribution is 0.527. The Morgan fingerprint density at radius 2 is 0.903 bits per heavy atom. The molecule has 2 rings (SSSR count). The maximum Gasteiger partial charge on any atom is -0.0129 e. The smallest absolute Gasteiger partial charge is 0.0129 e. The minimum atomic E-state index is 0.145. The molecule has 0 heteroatoms. The van der Waals surface area contributed by atoms with Crippen molar-refractivity contribution in [3.8, 4) is 0 Å². The summed E-state index contributed by atoms with van der Waals surface area (Å²) in [5, 5.41) is 0. The number of hydrogen-bond donors (Lipinski definition) is 0. The first-order chi connectivity index (χ1) is 13.8. The Balaban J connectivity index is 2.45. The second kappa shape index (κ2) is 8.42. The molecule has 2 aromatic rings. The van der Waals surface area contributed by atoms with E-state index in [1.165, 1.54) is 33.4 Å². The van der Waals surface area contributed by atoms with Crippen LogP contribution in [0.25, 0.3) is 0 Å². The fourth-order valence-electron chi connectivity index (χ4n) is 4.61. The Morgan fingerprint density at radius 3 is 1.32 bits per heavy atom. The van der Waals surface area contributed by atoms with Gasteiger partial charge in [0.05, 0.1) is 0 Å². The van der Waals surface area contributed by atoms with Gasteiger partial charge in [0.2, 0.25) is 0 Å². The molecule has 0 fully saturated rings. The van der Waals surface area contributed by atoms with Gasteiger partial charge in [0.15, 0.2) is 0 Å². The van der Waals surface area contributed by atoms with Crippen LogP contribution in [0.2, 0.25) is 0 Å². The van der Waals surface area contributed by atoms with E-state index in [0.717, 1.165) is 6.42 Å². The summed E-state index contributed by atoms with van der Waals surface area (Å²) in [6, 6.07) is 14.5. The first-order valence-corrected chi connectivity index (χ1v) is 12.1. The van der Waals surface area contributed by atoms with Gasteiger partial charge in [-0.05, 0) is 67.4 Å². The lowest BCUT2D eigenvalue weighted by Crippen LogP contribution is -2.23. The van der Waals surface area contributed by atoms with Crippen molar-refractivity contribution < 1.29 is 0 Å². The van der Waals surface area contributed by atoms with Crippen LogP contribution in [0.4, 0.5) is 0 Å². The first kappa shape index (κ1) is 25.7. The molecule has 0 nitrogen and oxygen atoms in total. The molecule has 0 heterocycles. The van der Waals surface area contributed by atoms with Crippen LogP contribution in [-0.2, 0) is 28.1 Å². The highest BCUT2D eigenvalue weighted by atomic mass is 14.3. The molecule has 0 saturated heterocycles. The summed E-state index contributed by atoms with van der Waals surface area (Å²) >= 11 is 0. The highest BCUT2D eigenvalue weighted by Gasteiger charge is 2.27. The lowest BCUT2D eigenvalue weighted by Gasteiger charge is -2.32. The number of hydrogen-bond acceptors (Lipinski definition) is 0. The zero-order valence-electron chi connectivity index (χ0n) is 22.7. The van der Waals surface area contributed by atoms with Gasteiger partial charge in [0, 0.05) is 0 Å². The van der Waals surface area contributed by atoms with E-state index in [9.17, 15) is 0 Å². The molecule has 1 atom stereocenters. The van der Waals surface area contributed by atoms with Crippen molar-refractivity contribution in [1.82, 2.24) is 0 Å². The van der Waals surface area contributed by atoms with E-state index in [1.807, 2.05) is 0 Å². The maximum atomic E-state index is 2.49. The molecular formula is C31H48. The van der Waals surface area contributed by atoms with Gasteiger partial charge in [0.25, 0.3) is 0 Å². The van der Waals surface area contributed by atoms with Crippen LogP contribution in [0.5, 0.6) is 0 Å². The normalized spacial score (nSPS) is 14.6. The van der Waals surface area contributed by atoms with E-state index < -0.39 is 0 Å². The molecule has 0 aliphatic heterocycles. The van der Waals surface area contributed by atoms with Crippen LogP contribution < -0.4 is 0 Å². The molecule has 0 aromatic heterocycles. The molecule has 0 bridgehead atoms. The predicted molar refractivity (Wildman–Crippen MR) is 140 cm³/mol. The van der Waals surface area contributed by atoms with Crippen molar-refractivity contribution in [3.63, 3.8) is 0 Å². The summed E-state index contributed by atoms with van der Waals surface area (Å²) < 4.78 is 0. The van der Waals surface area contributed by atoms with Crippen molar-refractivity contribution in [2.75, 3.05) is 0 Å². The third kappa shape index (κ3) is 6.24. The Morgan fingerprint density at radius 1 is 0.516 bits per heavy atom. The van der Waals surface area contributed by atoms with Crippen molar-refractivity contribution in [3.05, 3.63) is 69.8 Å². The summed E-state index contributed by atoms with van der Waals surface area (Å²) in [5.74, 6) is 0.489. The molecule has 0 aliphatic rings. The van der Waals surface area contributed by atoms with Crippen LogP contribution in [0.15, 0.2) is 36.4 Å². The summed E-state index contributed by atoms with van der Waals surface area (Å²) in [4.78, 5) is 0. The van der Waals surface area contributed by atoms with E-state index in [-0.39, 0.29) is 21.7 Å². The van der Waals surface area contributed by atoms with Gasteiger partial charge in [-0.2, -0.15) is 0 Å². The monoisotopic (exact) mass is 420 g/mol. The van der Waals surface area contributed by atoms with E-state index >= 15 is 0 Å². The molecule has 172 valence electrons. The summed E-state index contributed by atoms with van der Waals surface area (Å²) in [7, 11) is 0. The van der Waals surface area contributed by atoms with E-state index in [2.05, 4.69) is 126 Å². The topological polar surface area (TPSA) is 0 Å². The van der Waals surface area contributed by atoms with Gasteiger partial charge in [-0.15, -0.1) is 0 Å². The van der Waals surface area contributed by atoms with E-state index in [4.69, 9.17) is 0 Å². The zero-order chi connectivity index (χ0) is 24.0. The molecule has 0 aliphatic carbocycles. The minimum absolute atomic E-state index is 0.145. The van der Waals surface area contributed by atoms with Crippen LogP contribution in [-0.4, -0.2) is 0 Å². The van der Waals surface area contributed by atoms with Crippen LogP contribution in [0.1, 0.15) is 129 Å². The average Bonchev–Trinajstić information content (AvgIpc) is 2.58. The molecule has 31 heavy (non-hydrogen) atoms. The first-order valence-electron chi connectivity index (χ1n) is 12.1. The van der Waals surface area contributed by atoms with Crippen molar-refractivity contribution in [1.29, 1.82) is 0 Å². The highest BCUT2D eigenvalue weighted by molar-refractivity contribution is 5.44. The van der Waals surface area contributed by atoms with Crippen LogP contribution >= 0.6 is 0 Å². The van der Waals surface area contributed by atoms with Crippen molar-refractivity contribution in [2.45, 2.75) is 124 Å². The average molecular weight is 421 g/mol. The van der Waals surface area contributed by atoms with Crippen molar-refractivity contribution in [2.24, 2.45) is 0 Å². The Hall–Kier alpha value is -1.56. The largest absolute Gasteiger partial charge is 0.0587 e. The lowest BCUT2D eigenvalue weighted by atomic mass is 9.73. The molecule has 0 spiro atoms. The maximum absolute atomic E-state index is 2.49. The van der Waals surface area contributed by atoms with E-state index in [0.29, 0.717) is 5.92 Å². The molecule has 0 amide bonds. The molecule has 1 unspecified atom stereocenters. The van der Waals surface area contributed by atoms with Gasteiger partial charge in [-0.25, -0.2) is 0 Å². The highest BCUT2D eigenvalue weighted by Crippen LogP contribution is 2.38. The number of benzene rings is 2. The molecule has 0 saturated carbocycles. The molecule has 2 aromatic carbocycles. The van der Waals surface area contributed by atoms with E-state index in [1.54, 1.807) is 0 Å². The number of rotatable bonds is 3. The summed E-state index contributed by atoms with van der Waals surface area (Å²) in [6.45, 7) is 30.4. The second-order valence-electron chi connectivity index (χ2n) is 13.8. The zero-order valence-corrected chi connectivity index (χ0v) is 22.7. The summed E-state index contributed by atoms with van der Waals surface area (Å²) in [5.41, 5.74) is 9.44. The van der Waals surface area contributed by atoms with Gasteiger partial charge >= 0.3 is 0 Å². The van der Waals surface area contributed by atoms with Gasteiger partial charge in [-0.1, -0.05) is 126 Å². The van der Waals surface area contributed by atoms with Crippen LogP contribution in [0, 0.1) is 0 Å². The molecule has 0 N–H and O–H groups in total. The predicted octanol–water partition coefficient (Wildman–Crippen LogP) is 9.22. The molecule has 0 radical (unpaired) electrons. The fraction of sp³-hybridized carbons (Fsp3) is 0.613. The standard InChI is InChI=1S/C31H48/c1-21(23-15-17-25(29(5,6)7)27(20-23)31(11,12)13)18-22-14-16-24(28(2,3)4)26(19-22)30(8,9)10/h14-17,19-21H,18H2,1-13H3. The SMILES string of the molecule is CC(Cc1ccc(C(C)(C)C)c(C(C)(C)C)c1)c1ccc(C(C)(C)C)c(C(C)(C)C)c1. The Labute approximate surface area is 193 Å². The summed E-state index contributed by atoms with van der Waals surface area (Å²) in [6.07, 6.45) is 1.08. The van der Waals surface area contributed by atoms with Gasteiger partial charge < -0.3 is 0 Å². The fourth-order valence-corrected chi connectivity index (χ4v) is 4.61. The Kier molecular flexibility index (Phi) is 6.98. The van der Waals surface area contributed by atoms with Gasteiger partial charge in [0.1, 0.15) is 0 Å². The Bertz CT molecular complexity index is 899. The third-order valence-electron chi connectivity index (χ3n) is 6.47. The van der Waals surface area contributed by atoms with Gasteiger partial charge in [-0.3, -0.25) is 0 Å². The molecular weight excluding hydrogens is 372 g/mol. The third-order valence-corrected chi connectivity index (χ3v) is 6.47. The minimum Gasteiger partial charge on any atom is -0.0587 e. The van der Waals surface area contributed by atoms with Crippen molar-refractivity contribution >= 4 is 0 Å². The second-order valence-corrected chi connectivity index (χ2v) is 13.8.